The Morgan fingerprint density at radius 3 is 2.72 bits per heavy atom. The van der Waals surface area contributed by atoms with Crippen molar-refractivity contribution in [2.24, 2.45) is 0 Å². The smallest absolute Gasteiger partial charge is 0.192 e. The van der Waals surface area contributed by atoms with Crippen molar-refractivity contribution in [2.75, 3.05) is 0 Å². The van der Waals surface area contributed by atoms with Gasteiger partial charge in [0, 0.05) is 34.6 Å². The predicted octanol–water partition coefficient (Wildman–Crippen LogP) is 4.58. The van der Waals surface area contributed by atoms with Crippen LogP contribution in [0.1, 0.15) is 61.8 Å². The molecule has 0 amide bonds. The minimum Gasteiger partial charge on any atom is -0.360 e. The second kappa shape index (κ2) is 6.33. The molecule has 2 heterocycles. The van der Waals surface area contributed by atoms with Gasteiger partial charge < -0.3 is 9.55 Å². The van der Waals surface area contributed by atoms with Gasteiger partial charge >= 0.3 is 0 Å². The molecule has 1 aliphatic rings. The molecule has 3 aromatic rings. The summed E-state index contributed by atoms with van der Waals surface area (Å²) in [7, 11) is 0. The Kier molecular flexibility index (Phi) is 4.15. The van der Waals surface area contributed by atoms with Crippen molar-refractivity contribution in [3.8, 4) is 0 Å². The number of thioether (sulfide) groups is 1. The normalized spacial score (nSPS) is 15.8. The van der Waals surface area contributed by atoms with Crippen molar-refractivity contribution in [2.45, 2.75) is 56.0 Å². The first-order valence-electron chi connectivity index (χ1n) is 8.78. The van der Waals surface area contributed by atoms with E-state index in [1.165, 1.54) is 24.6 Å². The molecule has 1 fully saturated rings. The van der Waals surface area contributed by atoms with Gasteiger partial charge in [-0.15, -0.1) is 10.2 Å². The molecule has 0 unspecified atom stereocenters. The highest BCUT2D eigenvalue weighted by Gasteiger charge is 2.32. The Hall–Kier alpha value is -2.08. The van der Waals surface area contributed by atoms with E-state index < -0.39 is 0 Å². The number of hydrogen-bond acceptors (Lipinski definition) is 4. The van der Waals surface area contributed by atoms with E-state index in [2.05, 4.69) is 33.6 Å². The third-order valence-electron chi connectivity index (χ3n) is 4.63. The van der Waals surface area contributed by atoms with Crippen LogP contribution in [0.3, 0.4) is 0 Å². The maximum Gasteiger partial charge on any atom is 0.192 e. The number of Topliss-reactive ketones (excluding diaryl/α,β-unsaturated/α-hetero) is 1. The predicted molar refractivity (Wildman–Crippen MR) is 100 cm³/mol. The molecule has 2 aromatic heterocycles. The second-order valence-corrected chi connectivity index (χ2v) is 8.28. The second-order valence-electron chi connectivity index (χ2n) is 6.97. The summed E-state index contributed by atoms with van der Waals surface area (Å²) in [4.78, 5) is 16.1. The summed E-state index contributed by atoms with van der Waals surface area (Å²) in [6, 6.07) is 8.41. The van der Waals surface area contributed by atoms with Crippen LogP contribution in [-0.2, 0) is 0 Å². The fourth-order valence-electron chi connectivity index (χ4n) is 3.14. The average molecular weight is 354 g/mol. The first-order chi connectivity index (χ1) is 12.1. The van der Waals surface area contributed by atoms with E-state index in [9.17, 15) is 4.79 Å². The van der Waals surface area contributed by atoms with Crippen LogP contribution in [0.15, 0.2) is 35.6 Å². The molecule has 0 saturated heterocycles. The minimum atomic E-state index is -0.207. The van der Waals surface area contributed by atoms with E-state index in [4.69, 9.17) is 0 Å². The fraction of sp³-hybridized carbons (Fsp3) is 0.421. The first-order valence-corrected chi connectivity index (χ1v) is 9.66. The Balaban J connectivity index is 1.60. The SMILES string of the molecule is CC(C)c1nnc(S[C@H](C)C(=O)c2c[nH]c3ccccc23)n1C1CC1. The third-order valence-corrected chi connectivity index (χ3v) is 5.68. The minimum absolute atomic E-state index is 0.124. The van der Waals surface area contributed by atoms with Crippen LogP contribution in [0.25, 0.3) is 10.9 Å². The largest absolute Gasteiger partial charge is 0.360 e. The van der Waals surface area contributed by atoms with Crippen molar-refractivity contribution in [1.82, 2.24) is 19.7 Å². The van der Waals surface area contributed by atoms with E-state index >= 15 is 0 Å². The Labute approximate surface area is 151 Å². The highest BCUT2D eigenvalue weighted by molar-refractivity contribution is 8.00. The Morgan fingerprint density at radius 1 is 1.24 bits per heavy atom. The van der Waals surface area contributed by atoms with Gasteiger partial charge in [-0.1, -0.05) is 43.8 Å². The van der Waals surface area contributed by atoms with Crippen LogP contribution in [0.2, 0.25) is 0 Å². The van der Waals surface area contributed by atoms with Gasteiger partial charge in [-0.05, 0) is 25.8 Å². The van der Waals surface area contributed by atoms with Gasteiger partial charge in [-0.25, -0.2) is 0 Å². The van der Waals surface area contributed by atoms with Crippen molar-refractivity contribution >= 4 is 28.4 Å². The number of para-hydroxylation sites is 1. The molecule has 25 heavy (non-hydrogen) atoms. The number of rotatable bonds is 6. The molecule has 4 rings (SSSR count). The molecule has 0 aliphatic heterocycles. The van der Waals surface area contributed by atoms with Gasteiger partial charge in [0.25, 0.3) is 0 Å². The van der Waals surface area contributed by atoms with Gasteiger partial charge in [-0.2, -0.15) is 0 Å². The first kappa shape index (κ1) is 16.4. The van der Waals surface area contributed by atoms with Gasteiger partial charge in [0.1, 0.15) is 5.82 Å². The molecule has 1 N–H and O–H groups in total. The van der Waals surface area contributed by atoms with Crippen LogP contribution in [0.5, 0.6) is 0 Å². The van der Waals surface area contributed by atoms with Crippen LogP contribution in [-0.4, -0.2) is 30.8 Å². The summed E-state index contributed by atoms with van der Waals surface area (Å²) < 4.78 is 2.24. The molecule has 130 valence electrons. The van der Waals surface area contributed by atoms with Crippen molar-refractivity contribution in [3.63, 3.8) is 0 Å². The van der Waals surface area contributed by atoms with Gasteiger partial charge in [0.2, 0.25) is 0 Å². The molecule has 1 aromatic carbocycles. The lowest BCUT2D eigenvalue weighted by molar-refractivity contribution is 0.0995. The molecule has 0 spiro atoms. The fourth-order valence-corrected chi connectivity index (χ4v) is 4.14. The van der Waals surface area contributed by atoms with E-state index in [0.29, 0.717) is 12.0 Å². The molecule has 6 heteroatoms. The van der Waals surface area contributed by atoms with Crippen LogP contribution in [0, 0.1) is 0 Å². The summed E-state index contributed by atoms with van der Waals surface area (Å²) in [5, 5.41) is 10.4. The maximum absolute atomic E-state index is 13.0. The number of carbonyl (C=O) groups is 1. The molecule has 1 aliphatic carbocycles. The molecule has 1 saturated carbocycles. The lowest BCUT2D eigenvalue weighted by Crippen LogP contribution is -2.14. The van der Waals surface area contributed by atoms with E-state index in [1.54, 1.807) is 0 Å². The Bertz CT molecular complexity index is 923. The van der Waals surface area contributed by atoms with Crippen molar-refractivity contribution in [1.29, 1.82) is 0 Å². The van der Waals surface area contributed by atoms with Gasteiger partial charge in [0.15, 0.2) is 10.9 Å². The number of ketones is 1. The molecule has 5 nitrogen and oxygen atoms in total. The zero-order chi connectivity index (χ0) is 17.6. The lowest BCUT2D eigenvalue weighted by atomic mass is 10.1. The van der Waals surface area contributed by atoms with E-state index in [0.717, 1.165) is 27.4 Å². The molecular formula is C19H22N4OS. The van der Waals surface area contributed by atoms with Crippen molar-refractivity contribution < 1.29 is 4.79 Å². The number of carbonyl (C=O) groups excluding carboxylic acids is 1. The number of fused-ring (bicyclic) bond motifs is 1. The summed E-state index contributed by atoms with van der Waals surface area (Å²) in [6.45, 7) is 6.23. The summed E-state index contributed by atoms with van der Waals surface area (Å²) in [5.74, 6) is 1.48. The van der Waals surface area contributed by atoms with E-state index in [-0.39, 0.29) is 11.0 Å². The number of nitrogens with one attached hydrogen (secondary N) is 1. The quantitative estimate of drug-likeness (QED) is 0.520. The monoisotopic (exact) mass is 354 g/mol. The van der Waals surface area contributed by atoms with Crippen LogP contribution in [0.4, 0.5) is 0 Å². The average Bonchev–Trinajstić information content (AvgIpc) is 3.20. The number of aromatic nitrogens is 4. The van der Waals surface area contributed by atoms with Crippen molar-refractivity contribution in [3.05, 3.63) is 41.9 Å². The standard InChI is InChI=1S/C19H22N4OS/c1-11(2)18-21-22-19(23(18)13-8-9-13)25-12(3)17(24)15-10-20-16-7-5-4-6-14(15)16/h4-7,10-13,20H,8-9H2,1-3H3/t12-/m1/s1. The number of H-pyrrole nitrogens is 1. The van der Waals surface area contributed by atoms with Crippen LogP contribution < -0.4 is 0 Å². The number of nitrogens with zero attached hydrogens (tertiary/aromatic N) is 3. The summed E-state index contributed by atoms with van der Waals surface area (Å²) in [5.41, 5.74) is 1.74. The summed E-state index contributed by atoms with van der Waals surface area (Å²) >= 11 is 1.52. The van der Waals surface area contributed by atoms with Gasteiger partial charge in [0.05, 0.1) is 5.25 Å². The number of hydrogen-bond donors (Lipinski definition) is 1. The highest BCUT2D eigenvalue weighted by atomic mass is 32.2. The maximum atomic E-state index is 13.0. The van der Waals surface area contributed by atoms with E-state index in [1.807, 2.05) is 37.4 Å². The molecule has 0 radical (unpaired) electrons. The Morgan fingerprint density at radius 2 is 2.00 bits per heavy atom. The molecule has 1 atom stereocenters. The third kappa shape index (κ3) is 2.99. The number of benzene rings is 1. The molecule has 0 bridgehead atoms. The zero-order valence-electron chi connectivity index (χ0n) is 14.7. The lowest BCUT2D eigenvalue weighted by Gasteiger charge is -2.13. The zero-order valence-corrected chi connectivity index (χ0v) is 15.5. The van der Waals surface area contributed by atoms with Crippen LogP contribution >= 0.6 is 11.8 Å². The topological polar surface area (TPSA) is 63.6 Å². The highest BCUT2D eigenvalue weighted by Crippen LogP contribution is 2.41. The number of aromatic amines is 1. The molecular weight excluding hydrogens is 332 g/mol. The summed E-state index contributed by atoms with van der Waals surface area (Å²) in [6.07, 6.45) is 4.17. The van der Waals surface area contributed by atoms with Gasteiger partial charge in [-0.3, -0.25) is 4.79 Å².